The van der Waals surface area contributed by atoms with E-state index in [1.807, 2.05) is 25.1 Å². The van der Waals surface area contributed by atoms with Crippen LogP contribution in [0.4, 0.5) is 0 Å². The largest absolute Gasteiger partial charge is 0.351 e. The van der Waals surface area contributed by atoms with Crippen LogP contribution in [0, 0.1) is 0 Å². The molecule has 1 fully saturated rings. The van der Waals surface area contributed by atoms with Crippen LogP contribution in [0.3, 0.4) is 0 Å². The van der Waals surface area contributed by atoms with E-state index in [4.69, 9.17) is 0 Å². The lowest BCUT2D eigenvalue weighted by atomic mass is 10.2. The molecule has 0 radical (unpaired) electrons. The molecule has 0 saturated carbocycles. The first-order valence-corrected chi connectivity index (χ1v) is 5.89. The number of hydrogen-bond acceptors (Lipinski definition) is 3. The Labute approximate surface area is 98.3 Å². The molecule has 1 atom stereocenters. The third-order valence-corrected chi connectivity index (χ3v) is 2.92. The molecule has 0 bridgehead atoms. The second-order valence-corrected chi connectivity index (χ2v) is 4.69. The van der Waals surface area contributed by atoms with Crippen molar-refractivity contribution in [3.05, 3.63) is 12.2 Å². The Balaban J connectivity index is 2.17. The van der Waals surface area contributed by atoms with E-state index in [0.717, 1.165) is 19.6 Å². The highest BCUT2D eigenvalue weighted by molar-refractivity contribution is 5.87. The molecule has 1 amide bonds. The minimum atomic E-state index is 0.0159. The SMILES string of the molecule is CN(C)C/C=C/C(=O)NCC1CCCN1C. The van der Waals surface area contributed by atoms with Gasteiger partial charge in [0.15, 0.2) is 0 Å². The zero-order chi connectivity index (χ0) is 12.0. The smallest absolute Gasteiger partial charge is 0.243 e. The van der Waals surface area contributed by atoms with Crippen molar-refractivity contribution in [2.24, 2.45) is 0 Å². The van der Waals surface area contributed by atoms with Crippen molar-refractivity contribution in [1.29, 1.82) is 0 Å². The van der Waals surface area contributed by atoms with Crippen LogP contribution in [-0.2, 0) is 4.79 Å². The second-order valence-electron chi connectivity index (χ2n) is 4.69. The number of rotatable bonds is 5. The summed E-state index contributed by atoms with van der Waals surface area (Å²) in [6.07, 6.45) is 5.94. The number of carbonyl (C=O) groups excluding carboxylic acids is 1. The first-order chi connectivity index (χ1) is 7.59. The molecule has 4 heteroatoms. The van der Waals surface area contributed by atoms with Crippen molar-refractivity contribution in [2.75, 3.05) is 40.8 Å². The number of nitrogens with zero attached hydrogens (tertiary/aromatic N) is 2. The van der Waals surface area contributed by atoms with Gasteiger partial charge in [-0.25, -0.2) is 0 Å². The number of hydrogen-bond donors (Lipinski definition) is 1. The Morgan fingerprint density at radius 3 is 2.88 bits per heavy atom. The highest BCUT2D eigenvalue weighted by Crippen LogP contribution is 2.13. The molecule has 92 valence electrons. The molecule has 0 aromatic rings. The molecule has 1 aliphatic rings. The Bertz CT molecular complexity index is 251. The minimum Gasteiger partial charge on any atom is -0.351 e. The molecule has 4 nitrogen and oxygen atoms in total. The number of amides is 1. The molecule has 1 rings (SSSR count). The maximum atomic E-state index is 11.5. The summed E-state index contributed by atoms with van der Waals surface area (Å²) in [6, 6.07) is 0.520. The summed E-state index contributed by atoms with van der Waals surface area (Å²) in [5, 5.41) is 2.94. The maximum Gasteiger partial charge on any atom is 0.243 e. The van der Waals surface area contributed by atoms with Gasteiger partial charge >= 0.3 is 0 Å². The van der Waals surface area contributed by atoms with E-state index in [0.29, 0.717) is 6.04 Å². The molecule has 0 aliphatic carbocycles. The van der Waals surface area contributed by atoms with Crippen molar-refractivity contribution in [2.45, 2.75) is 18.9 Å². The van der Waals surface area contributed by atoms with Crippen LogP contribution in [0.5, 0.6) is 0 Å². The summed E-state index contributed by atoms with van der Waals surface area (Å²) in [7, 11) is 6.08. The van der Waals surface area contributed by atoms with Gasteiger partial charge in [0, 0.05) is 25.2 Å². The first kappa shape index (κ1) is 13.2. The zero-order valence-electron chi connectivity index (χ0n) is 10.6. The van der Waals surface area contributed by atoms with Crippen molar-refractivity contribution < 1.29 is 4.79 Å². The first-order valence-electron chi connectivity index (χ1n) is 5.89. The van der Waals surface area contributed by atoms with E-state index in [2.05, 4.69) is 17.3 Å². The van der Waals surface area contributed by atoms with Gasteiger partial charge in [0.25, 0.3) is 0 Å². The molecule has 16 heavy (non-hydrogen) atoms. The highest BCUT2D eigenvalue weighted by atomic mass is 16.1. The Hall–Kier alpha value is -0.870. The lowest BCUT2D eigenvalue weighted by molar-refractivity contribution is -0.116. The van der Waals surface area contributed by atoms with Crippen molar-refractivity contribution in [1.82, 2.24) is 15.1 Å². The monoisotopic (exact) mass is 225 g/mol. The summed E-state index contributed by atoms with van der Waals surface area (Å²) in [6.45, 7) is 2.72. The molecule has 1 heterocycles. The molecular weight excluding hydrogens is 202 g/mol. The van der Waals surface area contributed by atoms with Gasteiger partial charge in [-0.05, 0) is 40.5 Å². The molecule has 1 unspecified atom stereocenters. The molecule has 1 saturated heterocycles. The number of likely N-dealkylation sites (tertiary alicyclic amines) is 1. The fourth-order valence-electron chi connectivity index (χ4n) is 1.89. The van der Waals surface area contributed by atoms with Crippen LogP contribution in [0.15, 0.2) is 12.2 Å². The third kappa shape index (κ3) is 4.77. The summed E-state index contributed by atoms with van der Waals surface area (Å²) in [4.78, 5) is 15.8. The zero-order valence-corrected chi connectivity index (χ0v) is 10.6. The normalized spacial score (nSPS) is 22.1. The molecule has 0 spiro atoms. The fraction of sp³-hybridized carbons (Fsp3) is 0.750. The predicted molar refractivity (Wildman–Crippen MR) is 66.4 cm³/mol. The third-order valence-electron chi connectivity index (χ3n) is 2.92. The van der Waals surface area contributed by atoms with E-state index in [-0.39, 0.29) is 5.91 Å². The van der Waals surface area contributed by atoms with Crippen molar-refractivity contribution in [3.63, 3.8) is 0 Å². The van der Waals surface area contributed by atoms with E-state index in [1.165, 1.54) is 12.8 Å². The van der Waals surface area contributed by atoms with Crippen LogP contribution >= 0.6 is 0 Å². The van der Waals surface area contributed by atoms with E-state index in [9.17, 15) is 4.79 Å². The molecule has 0 aromatic heterocycles. The lowest BCUT2D eigenvalue weighted by Gasteiger charge is -2.19. The molecular formula is C12H23N3O. The standard InChI is InChI=1S/C12H23N3O/c1-14(2)8-5-7-12(16)13-10-11-6-4-9-15(11)3/h5,7,11H,4,6,8-10H2,1-3H3,(H,13,16)/b7-5+. The summed E-state index contributed by atoms with van der Waals surface area (Å²) < 4.78 is 0. The van der Waals surface area contributed by atoms with Gasteiger partial charge in [-0.2, -0.15) is 0 Å². The molecule has 1 N–H and O–H groups in total. The average Bonchev–Trinajstić information content (AvgIpc) is 2.60. The van der Waals surface area contributed by atoms with Crippen LogP contribution < -0.4 is 5.32 Å². The van der Waals surface area contributed by atoms with Gasteiger partial charge in [-0.15, -0.1) is 0 Å². The topological polar surface area (TPSA) is 35.6 Å². The van der Waals surface area contributed by atoms with Gasteiger partial charge in [-0.1, -0.05) is 6.08 Å². The van der Waals surface area contributed by atoms with Crippen LogP contribution in [0.25, 0.3) is 0 Å². The highest BCUT2D eigenvalue weighted by Gasteiger charge is 2.20. The summed E-state index contributed by atoms with van der Waals surface area (Å²) >= 11 is 0. The van der Waals surface area contributed by atoms with Crippen molar-refractivity contribution in [3.8, 4) is 0 Å². The number of likely N-dealkylation sites (N-methyl/N-ethyl adjacent to an activating group) is 2. The lowest BCUT2D eigenvalue weighted by Crippen LogP contribution is -2.37. The molecule has 0 aromatic carbocycles. The number of nitrogens with one attached hydrogen (secondary N) is 1. The van der Waals surface area contributed by atoms with E-state index in [1.54, 1.807) is 6.08 Å². The Morgan fingerprint density at radius 1 is 1.56 bits per heavy atom. The fourth-order valence-corrected chi connectivity index (χ4v) is 1.89. The Kier molecular flexibility index (Phi) is 5.49. The van der Waals surface area contributed by atoms with Gasteiger partial charge in [0.2, 0.25) is 5.91 Å². The average molecular weight is 225 g/mol. The van der Waals surface area contributed by atoms with E-state index < -0.39 is 0 Å². The van der Waals surface area contributed by atoms with E-state index >= 15 is 0 Å². The molecule has 1 aliphatic heterocycles. The second kappa shape index (κ2) is 6.66. The Morgan fingerprint density at radius 2 is 2.31 bits per heavy atom. The predicted octanol–water partition coefficient (Wildman–Crippen LogP) is 0.315. The van der Waals surface area contributed by atoms with Gasteiger partial charge in [0.1, 0.15) is 0 Å². The quantitative estimate of drug-likeness (QED) is 0.684. The maximum absolute atomic E-state index is 11.5. The summed E-state index contributed by atoms with van der Waals surface area (Å²) in [5.41, 5.74) is 0. The van der Waals surface area contributed by atoms with Gasteiger partial charge in [0.05, 0.1) is 0 Å². The van der Waals surface area contributed by atoms with Gasteiger partial charge in [-0.3, -0.25) is 4.79 Å². The van der Waals surface area contributed by atoms with Gasteiger partial charge < -0.3 is 15.1 Å². The van der Waals surface area contributed by atoms with Crippen LogP contribution in [-0.4, -0.2) is 62.5 Å². The number of carbonyl (C=O) groups is 1. The van der Waals surface area contributed by atoms with Crippen LogP contribution in [0.1, 0.15) is 12.8 Å². The van der Waals surface area contributed by atoms with Crippen LogP contribution in [0.2, 0.25) is 0 Å². The summed E-state index contributed by atoms with van der Waals surface area (Å²) in [5.74, 6) is 0.0159. The minimum absolute atomic E-state index is 0.0159. The van der Waals surface area contributed by atoms with Crippen molar-refractivity contribution >= 4 is 5.91 Å².